The molecule has 1 atom stereocenters. The topological polar surface area (TPSA) is 64.9 Å². The maximum atomic E-state index is 13.3. The van der Waals surface area contributed by atoms with Crippen LogP contribution in [-0.2, 0) is 6.42 Å². The van der Waals surface area contributed by atoms with Crippen LogP contribution >= 0.6 is 0 Å². The summed E-state index contributed by atoms with van der Waals surface area (Å²) in [7, 11) is 0. The van der Waals surface area contributed by atoms with Crippen LogP contribution in [0.1, 0.15) is 31.7 Å². The number of aromatic nitrogens is 2. The lowest BCUT2D eigenvalue weighted by atomic mass is 9.94. The zero-order chi connectivity index (χ0) is 15.4. The van der Waals surface area contributed by atoms with Gasteiger partial charge in [0.1, 0.15) is 5.82 Å². The van der Waals surface area contributed by atoms with Crippen molar-refractivity contribution in [2.75, 3.05) is 6.54 Å². The lowest BCUT2D eigenvalue weighted by molar-refractivity contribution is 0.332. The molecule has 2 aromatic rings. The fraction of sp³-hybridized carbons (Fsp3) is 0.500. The minimum Gasteiger partial charge on any atom is -0.339 e. The molecule has 114 valence electrons. The van der Waals surface area contributed by atoms with Gasteiger partial charge in [-0.2, -0.15) is 4.98 Å². The summed E-state index contributed by atoms with van der Waals surface area (Å²) in [5, 5.41) is 3.97. The Hall–Kier alpha value is -1.75. The van der Waals surface area contributed by atoms with Crippen LogP contribution in [0.15, 0.2) is 22.7 Å². The van der Waals surface area contributed by atoms with Crippen LogP contribution < -0.4 is 5.73 Å². The smallest absolute Gasteiger partial charge is 0.227 e. The normalized spacial score (nSPS) is 12.9. The molecular formula is C16H22FN3O. The van der Waals surface area contributed by atoms with Crippen molar-refractivity contribution in [3.8, 4) is 11.4 Å². The van der Waals surface area contributed by atoms with Crippen molar-refractivity contribution < 1.29 is 8.91 Å². The number of nitrogens with two attached hydrogens (primary N) is 1. The first kappa shape index (κ1) is 15.6. The number of benzene rings is 1. The highest BCUT2D eigenvalue weighted by Gasteiger charge is 2.16. The molecule has 0 fully saturated rings. The van der Waals surface area contributed by atoms with Gasteiger partial charge in [0.2, 0.25) is 11.7 Å². The molecule has 1 aromatic heterocycles. The van der Waals surface area contributed by atoms with Crippen molar-refractivity contribution in [3.05, 3.63) is 35.5 Å². The largest absolute Gasteiger partial charge is 0.339 e. The third kappa shape index (κ3) is 4.11. The predicted molar refractivity (Wildman–Crippen MR) is 80.1 cm³/mol. The second kappa shape index (κ2) is 6.80. The third-order valence-corrected chi connectivity index (χ3v) is 3.49. The fourth-order valence-electron chi connectivity index (χ4n) is 2.42. The van der Waals surface area contributed by atoms with Crippen molar-refractivity contribution in [1.82, 2.24) is 10.1 Å². The fourth-order valence-corrected chi connectivity index (χ4v) is 2.42. The minimum atomic E-state index is -0.234. The lowest BCUT2D eigenvalue weighted by Crippen LogP contribution is -2.19. The van der Waals surface area contributed by atoms with Crippen LogP contribution in [0.2, 0.25) is 0 Å². The molecule has 0 radical (unpaired) electrons. The molecule has 0 aliphatic rings. The van der Waals surface area contributed by atoms with Crippen molar-refractivity contribution in [2.24, 2.45) is 17.6 Å². The van der Waals surface area contributed by atoms with Gasteiger partial charge in [0, 0.05) is 12.0 Å². The summed E-state index contributed by atoms with van der Waals surface area (Å²) in [6, 6.07) is 4.80. The van der Waals surface area contributed by atoms with E-state index in [1.807, 2.05) is 0 Å². The van der Waals surface area contributed by atoms with E-state index in [0.717, 1.165) is 12.0 Å². The van der Waals surface area contributed by atoms with Gasteiger partial charge in [0.05, 0.1) is 0 Å². The van der Waals surface area contributed by atoms with E-state index in [-0.39, 0.29) is 5.82 Å². The summed E-state index contributed by atoms with van der Waals surface area (Å²) in [5.41, 5.74) is 7.12. The molecule has 1 aromatic carbocycles. The van der Waals surface area contributed by atoms with Crippen LogP contribution in [0, 0.1) is 24.6 Å². The number of aryl methyl sites for hydroxylation is 1. The Morgan fingerprint density at radius 2 is 2.10 bits per heavy atom. The van der Waals surface area contributed by atoms with Gasteiger partial charge in [-0.1, -0.05) is 19.0 Å². The number of halogens is 1. The molecule has 1 heterocycles. The number of rotatable bonds is 6. The van der Waals surface area contributed by atoms with Crippen LogP contribution in [0.4, 0.5) is 4.39 Å². The van der Waals surface area contributed by atoms with Gasteiger partial charge < -0.3 is 10.3 Å². The Bertz CT molecular complexity index is 595. The van der Waals surface area contributed by atoms with Crippen LogP contribution in [0.5, 0.6) is 0 Å². The summed E-state index contributed by atoms with van der Waals surface area (Å²) in [6.45, 7) is 6.66. The van der Waals surface area contributed by atoms with Crippen LogP contribution in [0.25, 0.3) is 11.4 Å². The maximum Gasteiger partial charge on any atom is 0.227 e. The first-order valence-corrected chi connectivity index (χ1v) is 7.28. The first-order chi connectivity index (χ1) is 9.99. The van der Waals surface area contributed by atoms with E-state index in [1.54, 1.807) is 19.1 Å². The highest BCUT2D eigenvalue weighted by atomic mass is 19.1. The molecular weight excluding hydrogens is 269 g/mol. The van der Waals surface area contributed by atoms with Gasteiger partial charge in [-0.25, -0.2) is 4.39 Å². The van der Waals surface area contributed by atoms with Crippen molar-refractivity contribution in [3.63, 3.8) is 0 Å². The monoisotopic (exact) mass is 291 g/mol. The molecule has 21 heavy (non-hydrogen) atoms. The summed E-state index contributed by atoms with van der Waals surface area (Å²) < 4.78 is 18.6. The molecule has 0 saturated carbocycles. The van der Waals surface area contributed by atoms with E-state index in [4.69, 9.17) is 10.3 Å². The van der Waals surface area contributed by atoms with Gasteiger partial charge in [-0.3, -0.25) is 0 Å². The molecule has 0 bridgehead atoms. The Kier molecular flexibility index (Phi) is 5.07. The summed E-state index contributed by atoms with van der Waals surface area (Å²) in [5.74, 6) is 1.77. The average Bonchev–Trinajstić information content (AvgIpc) is 2.89. The SMILES string of the molecule is Cc1cc(-c2noc(C[C@@H](CN)CC(C)C)n2)ccc1F. The van der Waals surface area contributed by atoms with E-state index >= 15 is 0 Å². The molecule has 0 aliphatic heterocycles. The molecule has 5 heteroatoms. The molecule has 0 saturated heterocycles. The molecule has 0 unspecified atom stereocenters. The van der Waals surface area contributed by atoms with Crippen molar-refractivity contribution >= 4 is 0 Å². The van der Waals surface area contributed by atoms with E-state index in [1.165, 1.54) is 6.07 Å². The number of hydrogen-bond acceptors (Lipinski definition) is 4. The molecule has 2 N–H and O–H groups in total. The quantitative estimate of drug-likeness (QED) is 0.886. The minimum absolute atomic E-state index is 0.234. The van der Waals surface area contributed by atoms with Crippen molar-refractivity contribution in [1.29, 1.82) is 0 Å². The Morgan fingerprint density at radius 1 is 1.33 bits per heavy atom. The summed E-state index contributed by atoms with van der Waals surface area (Å²) >= 11 is 0. The Balaban J connectivity index is 2.11. The van der Waals surface area contributed by atoms with Gasteiger partial charge in [0.15, 0.2) is 0 Å². The van der Waals surface area contributed by atoms with Crippen molar-refractivity contribution in [2.45, 2.75) is 33.6 Å². The summed E-state index contributed by atoms with van der Waals surface area (Å²) in [4.78, 5) is 4.39. The lowest BCUT2D eigenvalue weighted by Gasteiger charge is -2.14. The summed E-state index contributed by atoms with van der Waals surface area (Å²) in [6.07, 6.45) is 1.71. The Morgan fingerprint density at radius 3 is 2.71 bits per heavy atom. The number of nitrogens with zero attached hydrogens (tertiary/aromatic N) is 2. The molecule has 4 nitrogen and oxygen atoms in total. The van der Waals surface area contributed by atoms with Gasteiger partial charge in [-0.15, -0.1) is 0 Å². The van der Waals surface area contributed by atoms with Gasteiger partial charge in [0.25, 0.3) is 0 Å². The zero-order valence-corrected chi connectivity index (χ0v) is 12.8. The predicted octanol–water partition coefficient (Wildman–Crippen LogP) is 3.35. The van der Waals surface area contributed by atoms with E-state index in [2.05, 4.69) is 24.0 Å². The average molecular weight is 291 g/mol. The van der Waals surface area contributed by atoms with Gasteiger partial charge >= 0.3 is 0 Å². The molecule has 0 aliphatic carbocycles. The van der Waals surface area contributed by atoms with Gasteiger partial charge in [-0.05, 0) is 55.5 Å². The Labute approximate surface area is 124 Å². The third-order valence-electron chi connectivity index (χ3n) is 3.49. The van der Waals surface area contributed by atoms with E-state index in [9.17, 15) is 4.39 Å². The second-order valence-corrected chi connectivity index (χ2v) is 5.91. The standard InChI is InChI=1S/C16H22FN3O/c1-10(2)6-12(9-18)8-15-19-16(20-21-15)13-4-5-14(17)11(3)7-13/h4-5,7,10,12H,6,8-9,18H2,1-3H3/t12-/m0/s1. The van der Waals surface area contributed by atoms with E-state index < -0.39 is 0 Å². The highest BCUT2D eigenvalue weighted by molar-refractivity contribution is 5.55. The molecule has 0 spiro atoms. The second-order valence-electron chi connectivity index (χ2n) is 5.91. The first-order valence-electron chi connectivity index (χ1n) is 7.28. The molecule has 2 rings (SSSR count). The van der Waals surface area contributed by atoms with E-state index in [0.29, 0.717) is 42.1 Å². The van der Waals surface area contributed by atoms with Crippen LogP contribution in [-0.4, -0.2) is 16.7 Å². The zero-order valence-electron chi connectivity index (χ0n) is 12.8. The maximum absolute atomic E-state index is 13.3. The highest BCUT2D eigenvalue weighted by Crippen LogP contribution is 2.21. The van der Waals surface area contributed by atoms with Crippen LogP contribution in [0.3, 0.4) is 0 Å². The molecule has 0 amide bonds. The number of hydrogen-bond donors (Lipinski definition) is 1.